The molecule has 0 aliphatic heterocycles. The van der Waals surface area contributed by atoms with Crippen molar-refractivity contribution in [2.75, 3.05) is 13.1 Å². The fourth-order valence-electron chi connectivity index (χ4n) is 3.58. The SMILES string of the molecule is CC(Cc1cccc(C(=O)NCCc2ccc(Cl)cc2)c1)NCC(O)c1cc(O)cc(O)c1. The van der Waals surface area contributed by atoms with Crippen molar-refractivity contribution in [3.05, 3.63) is 94.0 Å². The first-order valence-corrected chi connectivity index (χ1v) is 11.2. The Bertz CT molecular complexity index is 1050. The molecule has 33 heavy (non-hydrogen) atoms. The molecule has 0 saturated heterocycles. The number of hydrogen-bond donors (Lipinski definition) is 5. The van der Waals surface area contributed by atoms with Crippen LogP contribution < -0.4 is 10.6 Å². The van der Waals surface area contributed by atoms with Gasteiger partial charge in [-0.05, 0) is 72.9 Å². The molecule has 7 heteroatoms. The van der Waals surface area contributed by atoms with Crippen LogP contribution in [0.15, 0.2) is 66.7 Å². The number of phenolic OH excluding ortho intramolecular Hbond substituents is 2. The van der Waals surface area contributed by atoms with Crippen LogP contribution >= 0.6 is 11.6 Å². The molecule has 5 N–H and O–H groups in total. The summed E-state index contributed by atoms with van der Waals surface area (Å²) >= 11 is 5.90. The second kappa shape index (κ2) is 11.7. The third kappa shape index (κ3) is 7.79. The Labute approximate surface area is 198 Å². The van der Waals surface area contributed by atoms with Gasteiger partial charge in [0.2, 0.25) is 0 Å². The first-order valence-electron chi connectivity index (χ1n) is 10.9. The lowest BCUT2D eigenvalue weighted by molar-refractivity contribution is 0.0954. The van der Waals surface area contributed by atoms with Crippen LogP contribution in [0.4, 0.5) is 0 Å². The molecule has 0 aromatic heterocycles. The molecular formula is C26H29ClN2O4. The van der Waals surface area contributed by atoms with E-state index in [2.05, 4.69) is 10.6 Å². The highest BCUT2D eigenvalue weighted by Crippen LogP contribution is 2.24. The Morgan fingerprint density at radius 2 is 1.67 bits per heavy atom. The highest BCUT2D eigenvalue weighted by Gasteiger charge is 2.13. The van der Waals surface area contributed by atoms with Gasteiger partial charge < -0.3 is 26.0 Å². The highest BCUT2D eigenvalue weighted by atomic mass is 35.5. The Morgan fingerprint density at radius 1 is 0.970 bits per heavy atom. The largest absolute Gasteiger partial charge is 0.508 e. The molecule has 2 unspecified atom stereocenters. The van der Waals surface area contributed by atoms with Crippen LogP contribution in [0.25, 0.3) is 0 Å². The van der Waals surface area contributed by atoms with Crippen molar-refractivity contribution in [1.29, 1.82) is 0 Å². The molecule has 0 fully saturated rings. The quantitative estimate of drug-likeness (QED) is 0.310. The Balaban J connectivity index is 1.48. The third-order valence-electron chi connectivity index (χ3n) is 5.31. The minimum absolute atomic E-state index is 0.0359. The minimum atomic E-state index is -0.872. The predicted octanol–water partition coefficient (Wildman–Crippen LogP) is 3.98. The van der Waals surface area contributed by atoms with Gasteiger partial charge in [-0.25, -0.2) is 0 Å². The minimum Gasteiger partial charge on any atom is -0.508 e. The molecule has 3 rings (SSSR count). The van der Waals surface area contributed by atoms with E-state index in [9.17, 15) is 20.1 Å². The average Bonchev–Trinajstić information content (AvgIpc) is 2.78. The summed E-state index contributed by atoms with van der Waals surface area (Å²) in [5, 5.41) is 36.4. The molecule has 2 atom stereocenters. The van der Waals surface area contributed by atoms with Crippen LogP contribution in [-0.4, -0.2) is 40.4 Å². The van der Waals surface area contributed by atoms with Crippen molar-refractivity contribution in [3.63, 3.8) is 0 Å². The summed E-state index contributed by atoms with van der Waals surface area (Å²) in [6.45, 7) is 2.78. The third-order valence-corrected chi connectivity index (χ3v) is 5.56. The van der Waals surface area contributed by atoms with Crippen molar-refractivity contribution in [2.24, 2.45) is 0 Å². The van der Waals surface area contributed by atoms with Gasteiger partial charge in [0.05, 0.1) is 6.10 Å². The molecule has 3 aromatic carbocycles. The highest BCUT2D eigenvalue weighted by molar-refractivity contribution is 6.30. The number of aromatic hydroxyl groups is 2. The van der Waals surface area contributed by atoms with Crippen molar-refractivity contribution in [1.82, 2.24) is 10.6 Å². The maximum Gasteiger partial charge on any atom is 0.251 e. The van der Waals surface area contributed by atoms with E-state index in [0.717, 1.165) is 17.5 Å². The summed E-state index contributed by atoms with van der Waals surface area (Å²) in [6, 6.07) is 19.2. The van der Waals surface area contributed by atoms with Gasteiger partial charge in [-0.1, -0.05) is 35.9 Å². The fraction of sp³-hybridized carbons (Fsp3) is 0.269. The molecule has 0 spiro atoms. The van der Waals surface area contributed by atoms with Crippen molar-refractivity contribution in [2.45, 2.75) is 31.9 Å². The van der Waals surface area contributed by atoms with Crippen LogP contribution in [0, 0.1) is 0 Å². The molecular weight excluding hydrogens is 440 g/mol. The van der Waals surface area contributed by atoms with Gasteiger partial charge in [-0.15, -0.1) is 0 Å². The number of amides is 1. The lowest BCUT2D eigenvalue weighted by atomic mass is 10.0. The van der Waals surface area contributed by atoms with Gasteiger partial charge in [-0.3, -0.25) is 4.79 Å². The van der Waals surface area contributed by atoms with E-state index in [0.29, 0.717) is 29.1 Å². The van der Waals surface area contributed by atoms with Gasteiger partial charge in [-0.2, -0.15) is 0 Å². The van der Waals surface area contributed by atoms with Gasteiger partial charge in [0.15, 0.2) is 0 Å². The number of carbonyl (C=O) groups is 1. The van der Waals surface area contributed by atoms with E-state index in [1.54, 1.807) is 6.07 Å². The maximum absolute atomic E-state index is 12.5. The molecule has 0 bridgehead atoms. The lowest BCUT2D eigenvalue weighted by Gasteiger charge is -2.18. The number of rotatable bonds is 10. The molecule has 0 saturated carbocycles. The molecule has 6 nitrogen and oxygen atoms in total. The summed E-state index contributed by atoms with van der Waals surface area (Å²) in [6.07, 6.45) is 0.524. The fourth-order valence-corrected chi connectivity index (χ4v) is 3.71. The number of carbonyl (C=O) groups excluding carboxylic acids is 1. The van der Waals surface area contributed by atoms with E-state index in [1.807, 2.05) is 49.4 Å². The van der Waals surface area contributed by atoms with Crippen LogP contribution in [-0.2, 0) is 12.8 Å². The van der Waals surface area contributed by atoms with E-state index < -0.39 is 6.10 Å². The summed E-state index contributed by atoms with van der Waals surface area (Å²) in [5.74, 6) is -0.314. The van der Waals surface area contributed by atoms with Crippen molar-refractivity contribution < 1.29 is 20.1 Å². The zero-order valence-electron chi connectivity index (χ0n) is 18.5. The van der Waals surface area contributed by atoms with Crippen LogP contribution in [0.5, 0.6) is 11.5 Å². The lowest BCUT2D eigenvalue weighted by Crippen LogP contribution is -2.32. The van der Waals surface area contributed by atoms with E-state index in [1.165, 1.54) is 18.2 Å². The summed E-state index contributed by atoms with van der Waals surface area (Å²) in [4.78, 5) is 12.5. The summed E-state index contributed by atoms with van der Waals surface area (Å²) in [7, 11) is 0. The molecule has 1 amide bonds. The van der Waals surface area contributed by atoms with Crippen LogP contribution in [0.1, 0.15) is 40.1 Å². The molecule has 0 heterocycles. The monoisotopic (exact) mass is 468 g/mol. The Morgan fingerprint density at radius 3 is 2.36 bits per heavy atom. The average molecular weight is 469 g/mol. The maximum atomic E-state index is 12.5. The second-order valence-corrected chi connectivity index (χ2v) is 8.58. The number of aliphatic hydroxyl groups excluding tert-OH is 1. The van der Waals surface area contributed by atoms with Gasteiger partial charge >= 0.3 is 0 Å². The van der Waals surface area contributed by atoms with E-state index in [-0.39, 0.29) is 30.0 Å². The first kappa shape index (κ1) is 24.6. The van der Waals surface area contributed by atoms with E-state index >= 15 is 0 Å². The molecule has 174 valence electrons. The molecule has 0 aliphatic carbocycles. The Kier molecular flexibility index (Phi) is 8.72. The smallest absolute Gasteiger partial charge is 0.251 e. The van der Waals surface area contributed by atoms with Gasteiger partial charge in [0.25, 0.3) is 5.91 Å². The number of aliphatic hydroxyl groups is 1. The molecule has 0 radical (unpaired) electrons. The standard InChI is InChI=1S/C26H29ClN2O4/c1-17(29-16-25(32)21-13-23(30)15-24(31)14-21)11-19-3-2-4-20(12-19)26(33)28-10-9-18-5-7-22(27)8-6-18/h2-8,12-15,17,25,29-32H,9-11,16H2,1H3,(H,28,33). The van der Waals surface area contributed by atoms with Crippen molar-refractivity contribution >= 4 is 17.5 Å². The topological polar surface area (TPSA) is 102 Å². The zero-order chi connectivity index (χ0) is 23.8. The van der Waals surface area contributed by atoms with Gasteiger partial charge in [0, 0.05) is 35.8 Å². The Hall–Kier alpha value is -3.06. The van der Waals surface area contributed by atoms with Crippen molar-refractivity contribution in [3.8, 4) is 11.5 Å². The van der Waals surface area contributed by atoms with Crippen LogP contribution in [0.2, 0.25) is 5.02 Å². The zero-order valence-corrected chi connectivity index (χ0v) is 19.2. The number of benzene rings is 3. The molecule has 0 aliphatic rings. The summed E-state index contributed by atoms with van der Waals surface area (Å²) < 4.78 is 0. The normalized spacial score (nSPS) is 12.8. The number of nitrogens with one attached hydrogen (secondary N) is 2. The number of halogens is 1. The van der Waals surface area contributed by atoms with Crippen LogP contribution in [0.3, 0.4) is 0 Å². The predicted molar refractivity (Wildman–Crippen MR) is 130 cm³/mol. The van der Waals surface area contributed by atoms with Gasteiger partial charge in [0.1, 0.15) is 11.5 Å². The van der Waals surface area contributed by atoms with E-state index in [4.69, 9.17) is 11.6 Å². The first-order chi connectivity index (χ1) is 15.8. The second-order valence-electron chi connectivity index (χ2n) is 8.14. The number of hydrogen-bond acceptors (Lipinski definition) is 5. The summed E-state index contributed by atoms with van der Waals surface area (Å²) in [5.41, 5.74) is 3.15. The number of phenols is 2. The molecule has 3 aromatic rings.